The number of nitrogens with one attached hydrogen (secondary N) is 1. The summed E-state index contributed by atoms with van der Waals surface area (Å²) >= 11 is 0.102. The molecule has 0 amide bonds. The molecule has 1 rings (SSSR count). The molecule has 0 aromatic rings. The Labute approximate surface area is 131 Å². The molecule has 2 nitrogen and oxygen atoms in total. The van der Waals surface area contributed by atoms with Crippen LogP contribution in [0.25, 0.3) is 0 Å². The smallest absolute Gasteiger partial charge is 0.311 e. The fourth-order valence-corrected chi connectivity index (χ4v) is 3.55. The summed E-state index contributed by atoms with van der Waals surface area (Å²) in [6.07, 6.45) is 2.14. The van der Waals surface area contributed by atoms with Gasteiger partial charge in [-0.05, 0) is 30.0 Å². The standard InChI is InChI=1S/C15H29F3N2S/c1-5-12(4)14-9-19-13(8-11(2)3)10-20(14)6-7-21-15(16,17)18/h11-14,19H,5-10H2,1-4H3. The van der Waals surface area contributed by atoms with Crippen molar-refractivity contribution in [2.45, 2.75) is 58.1 Å². The molecule has 0 spiro atoms. The van der Waals surface area contributed by atoms with E-state index < -0.39 is 5.51 Å². The maximum atomic E-state index is 12.3. The number of hydrogen-bond donors (Lipinski definition) is 1. The zero-order valence-corrected chi connectivity index (χ0v) is 14.4. The molecule has 1 saturated heterocycles. The predicted octanol–water partition coefficient (Wildman–Crippen LogP) is 3.97. The fraction of sp³-hybridized carbons (Fsp3) is 1.00. The Kier molecular flexibility index (Phi) is 7.85. The largest absolute Gasteiger partial charge is 0.441 e. The van der Waals surface area contributed by atoms with E-state index in [-0.39, 0.29) is 17.5 Å². The van der Waals surface area contributed by atoms with Crippen LogP contribution in [-0.2, 0) is 0 Å². The van der Waals surface area contributed by atoms with E-state index in [1.807, 2.05) is 0 Å². The molecule has 0 bridgehead atoms. The first-order valence-corrected chi connectivity index (χ1v) is 8.89. The molecule has 0 radical (unpaired) electrons. The lowest BCUT2D eigenvalue weighted by atomic mass is 9.92. The molecule has 1 heterocycles. The van der Waals surface area contributed by atoms with E-state index in [0.29, 0.717) is 30.5 Å². The number of rotatable bonds is 7. The van der Waals surface area contributed by atoms with Gasteiger partial charge in [0.25, 0.3) is 0 Å². The average molecular weight is 326 g/mol. The second-order valence-corrected chi connectivity index (χ2v) is 7.64. The van der Waals surface area contributed by atoms with Crippen LogP contribution in [0.1, 0.15) is 40.5 Å². The normalized spacial score (nSPS) is 26.3. The highest BCUT2D eigenvalue weighted by Gasteiger charge is 2.33. The third-order valence-corrected chi connectivity index (χ3v) is 4.95. The van der Waals surface area contributed by atoms with E-state index >= 15 is 0 Å². The SMILES string of the molecule is CCC(C)C1CNC(CC(C)C)CN1CCSC(F)(F)F. The van der Waals surface area contributed by atoms with Gasteiger partial charge < -0.3 is 5.32 Å². The summed E-state index contributed by atoms with van der Waals surface area (Å²) in [5, 5.41) is 3.58. The zero-order valence-electron chi connectivity index (χ0n) is 13.5. The van der Waals surface area contributed by atoms with Crippen molar-refractivity contribution in [2.24, 2.45) is 11.8 Å². The van der Waals surface area contributed by atoms with Crippen LogP contribution in [0.2, 0.25) is 0 Å². The van der Waals surface area contributed by atoms with Crippen molar-refractivity contribution >= 4 is 11.8 Å². The maximum absolute atomic E-state index is 12.3. The summed E-state index contributed by atoms with van der Waals surface area (Å²) < 4.78 is 36.9. The molecule has 0 saturated carbocycles. The van der Waals surface area contributed by atoms with Gasteiger partial charge in [0.05, 0.1) is 0 Å². The lowest BCUT2D eigenvalue weighted by Gasteiger charge is -2.43. The van der Waals surface area contributed by atoms with E-state index in [2.05, 4.69) is 37.9 Å². The molecule has 6 heteroatoms. The maximum Gasteiger partial charge on any atom is 0.441 e. The van der Waals surface area contributed by atoms with Crippen molar-refractivity contribution in [1.82, 2.24) is 10.2 Å². The molecule has 1 aliphatic heterocycles. The highest BCUT2D eigenvalue weighted by molar-refractivity contribution is 8.00. The van der Waals surface area contributed by atoms with Crippen molar-refractivity contribution in [2.75, 3.05) is 25.4 Å². The Hall–Kier alpha value is 0.0600. The van der Waals surface area contributed by atoms with Gasteiger partial charge in [-0.3, -0.25) is 4.90 Å². The van der Waals surface area contributed by atoms with Gasteiger partial charge in [0.1, 0.15) is 0 Å². The molecule has 0 aromatic heterocycles. The summed E-state index contributed by atoms with van der Waals surface area (Å²) in [5.74, 6) is 1.24. The Bertz CT molecular complexity index is 297. The summed E-state index contributed by atoms with van der Waals surface area (Å²) in [5.41, 5.74) is -4.11. The second-order valence-electron chi connectivity index (χ2n) is 6.48. The Balaban J connectivity index is 2.56. The number of halogens is 3. The van der Waals surface area contributed by atoms with Gasteiger partial charge in [0.2, 0.25) is 0 Å². The van der Waals surface area contributed by atoms with Gasteiger partial charge in [0, 0.05) is 37.5 Å². The number of alkyl halides is 3. The van der Waals surface area contributed by atoms with Crippen LogP contribution in [0.4, 0.5) is 13.2 Å². The topological polar surface area (TPSA) is 15.3 Å². The molecule has 1 N–H and O–H groups in total. The molecule has 0 aromatic carbocycles. The molecule has 126 valence electrons. The van der Waals surface area contributed by atoms with Crippen LogP contribution in [-0.4, -0.2) is 47.9 Å². The number of hydrogen-bond acceptors (Lipinski definition) is 3. The zero-order chi connectivity index (χ0) is 16.0. The first-order chi connectivity index (χ1) is 9.73. The first-order valence-electron chi connectivity index (χ1n) is 7.91. The Morgan fingerprint density at radius 3 is 2.48 bits per heavy atom. The molecule has 1 aliphatic rings. The minimum absolute atomic E-state index is 0.102. The quantitative estimate of drug-likeness (QED) is 0.762. The summed E-state index contributed by atoms with van der Waals surface area (Å²) in [4.78, 5) is 2.27. The third-order valence-electron chi connectivity index (χ3n) is 4.24. The molecular formula is C15H29F3N2S. The van der Waals surface area contributed by atoms with Gasteiger partial charge in [-0.15, -0.1) is 0 Å². The van der Waals surface area contributed by atoms with Crippen LogP contribution in [0.15, 0.2) is 0 Å². The van der Waals surface area contributed by atoms with Crippen LogP contribution in [0, 0.1) is 11.8 Å². The highest BCUT2D eigenvalue weighted by atomic mass is 32.2. The van der Waals surface area contributed by atoms with Crippen molar-refractivity contribution in [3.63, 3.8) is 0 Å². The van der Waals surface area contributed by atoms with Crippen LogP contribution < -0.4 is 5.32 Å². The molecule has 1 fully saturated rings. The van der Waals surface area contributed by atoms with Crippen molar-refractivity contribution in [3.8, 4) is 0 Å². The van der Waals surface area contributed by atoms with Crippen molar-refractivity contribution < 1.29 is 13.2 Å². The molecular weight excluding hydrogens is 297 g/mol. The van der Waals surface area contributed by atoms with Gasteiger partial charge in [-0.25, -0.2) is 0 Å². The van der Waals surface area contributed by atoms with E-state index in [1.54, 1.807) is 0 Å². The summed E-state index contributed by atoms with van der Waals surface area (Å²) in [6, 6.07) is 0.758. The van der Waals surface area contributed by atoms with Gasteiger partial charge >= 0.3 is 5.51 Å². The molecule has 3 unspecified atom stereocenters. The lowest BCUT2D eigenvalue weighted by molar-refractivity contribution is -0.0330. The van der Waals surface area contributed by atoms with Gasteiger partial charge in [-0.1, -0.05) is 34.1 Å². The van der Waals surface area contributed by atoms with E-state index in [0.717, 1.165) is 25.9 Å². The summed E-state index contributed by atoms with van der Waals surface area (Å²) in [7, 11) is 0. The minimum atomic E-state index is -4.11. The Morgan fingerprint density at radius 2 is 1.95 bits per heavy atom. The van der Waals surface area contributed by atoms with E-state index in [4.69, 9.17) is 0 Å². The highest BCUT2D eigenvalue weighted by Crippen LogP contribution is 2.30. The summed E-state index contributed by atoms with van der Waals surface area (Å²) in [6.45, 7) is 11.0. The predicted molar refractivity (Wildman–Crippen MR) is 84.6 cm³/mol. The van der Waals surface area contributed by atoms with E-state index in [1.165, 1.54) is 0 Å². The molecule has 0 aliphatic carbocycles. The number of thioether (sulfide) groups is 1. The Morgan fingerprint density at radius 1 is 1.29 bits per heavy atom. The van der Waals surface area contributed by atoms with E-state index in [9.17, 15) is 13.2 Å². The lowest BCUT2D eigenvalue weighted by Crippen LogP contribution is -2.59. The monoisotopic (exact) mass is 326 g/mol. The van der Waals surface area contributed by atoms with Gasteiger partial charge in [-0.2, -0.15) is 13.2 Å². The minimum Gasteiger partial charge on any atom is -0.311 e. The van der Waals surface area contributed by atoms with Gasteiger partial charge in [0.15, 0.2) is 0 Å². The molecule has 21 heavy (non-hydrogen) atoms. The number of nitrogens with zero attached hydrogens (tertiary/aromatic N) is 1. The third kappa shape index (κ3) is 7.24. The van der Waals surface area contributed by atoms with Crippen LogP contribution in [0.3, 0.4) is 0 Å². The second kappa shape index (κ2) is 8.63. The van der Waals surface area contributed by atoms with Crippen LogP contribution >= 0.6 is 11.8 Å². The average Bonchev–Trinajstić information content (AvgIpc) is 2.36. The van der Waals surface area contributed by atoms with Crippen LogP contribution in [0.5, 0.6) is 0 Å². The van der Waals surface area contributed by atoms with Crippen molar-refractivity contribution in [3.05, 3.63) is 0 Å². The van der Waals surface area contributed by atoms with Crippen molar-refractivity contribution in [1.29, 1.82) is 0 Å². The number of piperazine rings is 1. The fourth-order valence-electron chi connectivity index (χ4n) is 3.00. The first kappa shape index (κ1) is 19.1. The molecule has 3 atom stereocenters.